The molecule has 1 aliphatic rings. The average Bonchev–Trinajstić information content (AvgIpc) is 2.67. The second-order valence-corrected chi connectivity index (χ2v) is 6.43. The lowest BCUT2D eigenvalue weighted by atomic mass is 9.94. The van der Waals surface area contributed by atoms with E-state index in [1.54, 1.807) is 13.0 Å². The van der Waals surface area contributed by atoms with E-state index in [1.165, 1.54) is 18.2 Å². The Hall–Kier alpha value is -3.68. The normalized spacial score (nSPS) is 16.2. The van der Waals surface area contributed by atoms with Gasteiger partial charge in [0.25, 0.3) is 11.6 Å². The van der Waals surface area contributed by atoms with Gasteiger partial charge in [-0.2, -0.15) is 0 Å². The van der Waals surface area contributed by atoms with E-state index in [9.17, 15) is 19.7 Å². The molecule has 28 heavy (non-hydrogen) atoms. The van der Waals surface area contributed by atoms with Crippen molar-refractivity contribution < 1.29 is 14.5 Å². The lowest BCUT2D eigenvalue weighted by Crippen LogP contribution is -2.45. The third-order valence-electron chi connectivity index (χ3n) is 4.55. The van der Waals surface area contributed by atoms with Crippen LogP contribution >= 0.6 is 0 Å². The van der Waals surface area contributed by atoms with Gasteiger partial charge >= 0.3 is 6.03 Å². The van der Waals surface area contributed by atoms with Crippen molar-refractivity contribution in [2.75, 3.05) is 5.32 Å². The highest BCUT2D eigenvalue weighted by Crippen LogP contribution is 2.28. The number of rotatable bonds is 5. The number of aryl methyl sites for hydroxylation is 1. The molecular formula is C20H20N4O4. The van der Waals surface area contributed by atoms with Crippen molar-refractivity contribution >= 4 is 23.3 Å². The fourth-order valence-electron chi connectivity index (χ4n) is 3.09. The minimum absolute atomic E-state index is 0.120. The fourth-order valence-corrected chi connectivity index (χ4v) is 3.09. The topological polar surface area (TPSA) is 113 Å². The van der Waals surface area contributed by atoms with Crippen LogP contribution in [0.25, 0.3) is 0 Å². The first kappa shape index (κ1) is 19.1. The molecule has 0 saturated heterocycles. The highest BCUT2D eigenvalue weighted by atomic mass is 16.6. The van der Waals surface area contributed by atoms with Crippen molar-refractivity contribution in [1.29, 1.82) is 0 Å². The summed E-state index contributed by atoms with van der Waals surface area (Å²) in [6, 6.07) is 12.3. The average molecular weight is 380 g/mol. The van der Waals surface area contributed by atoms with Gasteiger partial charge in [-0.15, -0.1) is 0 Å². The molecule has 1 aliphatic heterocycles. The molecule has 0 spiro atoms. The molecule has 0 fully saturated rings. The molecular weight excluding hydrogens is 360 g/mol. The zero-order chi connectivity index (χ0) is 20.3. The largest absolute Gasteiger partial charge is 0.327 e. The van der Waals surface area contributed by atoms with Crippen LogP contribution in [0.15, 0.2) is 59.8 Å². The number of allylic oxidation sites excluding steroid dienone is 1. The summed E-state index contributed by atoms with van der Waals surface area (Å²) in [6.45, 7) is 3.69. The predicted octanol–water partition coefficient (Wildman–Crippen LogP) is 3.42. The number of nitro groups is 1. The van der Waals surface area contributed by atoms with Gasteiger partial charge in [0.1, 0.15) is 0 Å². The van der Waals surface area contributed by atoms with Crippen LogP contribution in [-0.4, -0.2) is 16.9 Å². The molecule has 1 atom stereocenters. The molecule has 0 saturated carbocycles. The molecule has 1 heterocycles. The number of urea groups is 1. The SMILES string of the molecule is CCc1ccc([C@@H]2NC(=O)NC(C)=C2C(=O)Nc2cccc([N+](=O)[O-])c2)cc1. The number of nitro benzene ring substituents is 1. The summed E-state index contributed by atoms with van der Waals surface area (Å²) in [5.74, 6) is -0.449. The lowest BCUT2D eigenvalue weighted by Gasteiger charge is -2.28. The third kappa shape index (κ3) is 4.01. The molecule has 3 rings (SSSR count). The number of benzene rings is 2. The molecule has 8 heteroatoms. The van der Waals surface area contributed by atoms with Gasteiger partial charge in [-0.1, -0.05) is 37.3 Å². The van der Waals surface area contributed by atoms with Gasteiger partial charge in [-0.05, 0) is 30.5 Å². The van der Waals surface area contributed by atoms with Gasteiger partial charge in [0.05, 0.1) is 16.5 Å². The van der Waals surface area contributed by atoms with Crippen molar-refractivity contribution in [3.8, 4) is 0 Å². The van der Waals surface area contributed by atoms with Crippen molar-refractivity contribution in [3.63, 3.8) is 0 Å². The summed E-state index contributed by atoms with van der Waals surface area (Å²) >= 11 is 0. The molecule has 3 amide bonds. The van der Waals surface area contributed by atoms with Gasteiger partial charge in [0.15, 0.2) is 0 Å². The van der Waals surface area contributed by atoms with Crippen LogP contribution in [0.1, 0.15) is 31.0 Å². The molecule has 144 valence electrons. The van der Waals surface area contributed by atoms with Crippen LogP contribution in [0.5, 0.6) is 0 Å². The van der Waals surface area contributed by atoms with E-state index in [0.29, 0.717) is 17.0 Å². The van der Waals surface area contributed by atoms with E-state index in [4.69, 9.17) is 0 Å². The zero-order valence-electron chi connectivity index (χ0n) is 15.5. The van der Waals surface area contributed by atoms with Gasteiger partial charge in [0, 0.05) is 23.5 Å². The maximum Gasteiger partial charge on any atom is 0.319 e. The number of nitrogens with zero attached hydrogens (tertiary/aromatic N) is 1. The highest BCUT2D eigenvalue weighted by Gasteiger charge is 2.31. The number of carbonyl (C=O) groups excluding carboxylic acids is 2. The van der Waals surface area contributed by atoms with Crippen LogP contribution in [0, 0.1) is 10.1 Å². The number of hydrogen-bond acceptors (Lipinski definition) is 4. The Morgan fingerprint density at radius 2 is 1.93 bits per heavy atom. The van der Waals surface area contributed by atoms with Gasteiger partial charge in [0.2, 0.25) is 0 Å². The maximum absolute atomic E-state index is 12.9. The molecule has 0 radical (unpaired) electrons. The first-order valence-corrected chi connectivity index (χ1v) is 8.82. The quantitative estimate of drug-likeness (QED) is 0.545. The fraction of sp³-hybridized carbons (Fsp3) is 0.200. The Labute approximate surface area is 161 Å². The molecule has 3 N–H and O–H groups in total. The Morgan fingerprint density at radius 1 is 1.21 bits per heavy atom. The van der Waals surface area contributed by atoms with Crippen molar-refractivity contribution in [2.24, 2.45) is 0 Å². The number of anilines is 1. The summed E-state index contributed by atoms with van der Waals surface area (Å²) in [7, 11) is 0. The van der Waals surface area contributed by atoms with Gasteiger partial charge < -0.3 is 16.0 Å². The maximum atomic E-state index is 12.9. The van der Waals surface area contributed by atoms with E-state index in [1.807, 2.05) is 31.2 Å². The Morgan fingerprint density at radius 3 is 2.57 bits per heavy atom. The van der Waals surface area contributed by atoms with Crippen LogP contribution in [0.3, 0.4) is 0 Å². The minimum atomic E-state index is -0.627. The first-order chi connectivity index (χ1) is 13.4. The van der Waals surface area contributed by atoms with Crippen LogP contribution in [-0.2, 0) is 11.2 Å². The summed E-state index contributed by atoms with van der Waals surface area (Å²) in [4.78, 5) is 35.3. The predicted molar refractivity (Wildman–Crippen MR) is 105 cm³/mol. The molecule has 2 aromatic carbocycles. The van der Waals surface area contributed by atoms with Crippen LogP contribution < -0.4 is 16.0 Å². The number of amides is 3. The number of nitrogens with one attached hydrogen (secondary N) is 3. The Balaban J connectivity index is 1.92. The molecule has 8 nitrogen and oxygen atoms in total. The van der Waals surface area contributed by atoms with E-state index < -0.39 is 22.9 Å². The smallest absolute Gasteiger partial charge is 0.319 e. The highest BCUT2D eigenvalue weighted by molar-refractivity contribution is 6.06. The zero-order valence-corrected chi connectivity index (χ0v) is 15.5. The third-order valence-corrected chi connectivity index (χ3v) is 4.55. The van der Waals surface area contributed by atoms with Crippen LogP contribution in [0.2, 0.25) is 0 Å². The van der Waals surface area contributed by atoms with Gasteiger partial charge in [-0.3, -0.25) is 14.9 Å². The first-order valence-electron chi connectivity index (χ1n) is 8.82. The van der Waals surface area contributed by atoms with E-state index in [2.05, 4.69) is 16.0 Å². The van der Waals surface area contributed by atoms with Crippen molar-refractivity contribution in [2.45, 2.75) is 26.3 Å². The van der Waals surface area contributed by atoms with Gasteiger partial charge in [-0.25, -0.2) is 4.79 Å². The summed E-state index contributed by atoms with van der Waals surface area (Å²) in [5, 5.41) is 19.0. The minimum Gasteiger partial charge on any atom is -0.327 e. The second-order valence-electron chi connectivity index (χ2n) is 6.43. The monoisotopic (exact) mass is 380 g/mol. The van der Waals surface area contributed by atoms with E-state index >= 15 is 0 Å². The number of non-ortho nitro benzene ring substituents is 1. The summed E-state index contributed by atoms with van der Waals surface area (Å²) < 4.78 is 0. The molecule has 2 aromatic rings. The van der Waals surface area contributed by atoms with E-state index in [0.717, 1.165) is 17.5 Å². The molecule has 0 aromatic heterocycles. The molecule has 0 unspecified atom stereocenters. The second kappa shape index (κ2) is 7.91. The summed E-state index contributed by atoms with van der Waals surface area (Å²) in [6.07, 6.45) is 0.883. The standard InChI is InChI=1S/C20H20N4O4/c1-3-13-7-9-14(10-8-13)18-17(12(2)21-20(26)23-18)19(25)22-15-5-4-6-16(11-15)24(27)28/h4-11,18H,3H2,1-2H3,(H,22,25)(H2,21,23,26)/t18-/m0/s1. The lowest BCUT2D eigenvalue weighted by molar-refractivity contribution is -0.384. The molecule has 0 bridgehead atoms. The van der Waals surface area contributed by atoms with Crippen molar-refractivity contribution in [3.05, 3.63) is 81.0 Å². The van der Waals surface area contributed by atoms with Crippen LogP contribution in [0.4, 0.5) is 16.2 Å². The van der Waals surface area contributed by atoms with Crippen molar-refractivity contribution in [1.82, 2.24) is 10.6 Å². The Kier molecular flexibility index (Phi) is 5.39. The number of hydrogen-bond donors (Lipinski definition) is 3. The number of carbonyl (C=O) groups is 2. The molecule has 0 aliphatic carbocycles. The Bertz CT molecular complexity index is 966. The van der Waals surface area contributed by atoms with E-state index in [-0.39, 0.29) is 5.69 Å². The summed E-state index contributed by atoms with van der Waals surface area (Å²) in [5.41, 5.74) is 2.87.